The van der Waals surface area contributed by atoms with E-state index in [0.29, 0.717) is 22.5 Å². The number of imidazole rings is 1. The van der Waals surface area contributed by atoms with Gasteiger partial charge in [0.05, 0.1) is 19.0 Å². The molecule has 1 aliphatic heterocycles. The van der Waals surface area contributed by atoms with Gasteiger partial charge in [0.2, 0.25) is 0 Å². The van der Waals surface area contributed by atoms with Crippen molar-refractivity contribution < 1.29 is 4.74 Å². The van der Waals surface area contributed by atoms with Crippen LogP contribution in [0.25, 0.3) is 11.2 Å². The lowest BCUT2D eigenvalue weighted by atomic mass is 10.2. The third-order valence-electron chi connectivity index (χ3n) is 2.98. The van der Waals surface area contributed by atoms with Crippen molar-refractivity contribution >= 4 is 23.4 Å². The zero-order chi connectivity index (χ0) is 11.8. The Morgan fingerprint density at radius 1 is 1.71 bits per heavy atom. The fourth-order valence-corrected chi connectivity index (χ4v) is 2.40. The zero-order valence-electron chi connectivity index (χ0n) is 9.10. The van der Waals surface area contributed by atoms with Gasteiger partial charge >= 0.3 is 0 Å². The van der Waals surface area contributed by atoms with Gasteiger partial charge in [-0.05, 0) is 25.1 Å². The van der Waals surface area contributed by atoms with E-state index in [1.54, 1.807) is 0 Å². The van der Waals surface area contributed by atoms with Crippen molar-refractivity contribution in [3.05, 3.63) is 21.5 Å². The molecule has 0 saturated carbocycles. The number of fused-ring (bicyclic) bond motifs is 1. The van der Waals surface area contributed by atoms with Crippen LogP contribution in [0.2, 0.25) is 0 Å². The van der Waals surface area contributed by atoms with Crippen molar-refractivity contribution in [3.8, 4) is 0 Å². The maximum atomic E-state index is 11.6. The maximum Gasteiger partial charge on any atom is 0.277 e. The molecule has 1 saturated heterocycles. The average molecular weight is 254 g/mol. The van der Waals surface area contributed by atoms with Gasteiger partial charge in [-0.3, -0.25) is 14.3 Å². The first-order chi connectivity index (χ1) is 8.25. The minimum Gasteiger partial charge on any atom is -0.376 e. The van der Waals surface area contributed by atoms with E-state index < -0.39 is 0 Å². The second kappa shape index (κ2) is 4.08. The summed E-state index contributed by atoms with van der Waals surface area (Å²) in [6.07, 6.45) is 3.76. The predicted octanol–water partition coefficient (Wildman–Crippen LogP) is 0.961. The van der Waals surface area contributed by atoms with Gasteiger partial charge in [0.15, 0.2) is 10.4 Å². The Morgan fingerprint density at radius 2 is 2.59 bits per heavy atom. The van der Waals surface area contributed by atoms with E-state index in [1.807, 2.05) is 4.57 Å². The molecular weight excluding hydrogens is 242 g/mol. The van der Waals surface area contributed by atoms with Crippen molar-refractivity contribution in [1.82, 2.24) is 19.5 Å². The quantitative estimate of drug-likeness (QED) is 0.783. The monoisotopic (exact) mass is 254 g/mol. The van der Waals surface area contributed by atoms with Gasteiger partial charge < -0.3 is 9.72 Å². The number of nitrogens with one attached hydrogen (secondary N) is 2. The molecule has 0 bridgehead atoms. The van der Waals surface area contributed by atoms with E-state index >= 15 is 0 Å². The summed E-state index contributed by atoms with van der Waals surface area (Å²) in [5.74, 6) is 0. The standard InChI is InChI=1S/C10H12N4O2S/c15-9-7-8(12-5-11-7)14(10(17)13-9)4-6-2-1-3-16-6/h5-6H,1-4H2,(H,11,12)(H,13,15,17)/i10+2. The Bertz CT molecular complexity index is 650. The van der Waals surface area contributed by atoms with E-state index in [4.69, 9.17) is 17.0 Å². The zero-order valence-corrected chi connectivity index (χ0v) is 9.92. The summed E-state index contributed by atoms with van der Waals surface area (Å²) in [7, 11) is 0. The van der Waals surface area contributed by atoms with Crippen LogP contribution < -0.4 is 5.56 Å². The first-order valence-corrected chi connectivity index (χ1v) is 5.94. The SMILES string of the molecule is O=c1[nH][14c](=S)n(CC2CCCO2)c2nc[nH]c12. The molecule has 1 atom stereocenters. The molecule has 6 nitrogen and oxygen atoms in total. The topological polar surface area (TPSA) is 75.7 Å². The highest BCUT2D eigenvalue weighted by Crippen LogP contribution is 2.15. The number of aromatic nitrogens is 4. The first-order valence-electron chi connectivity index (χ1n) is 5.53. The summed E-state index contributed by atoms with van der Waals surface area (Å²) in [6, 6.07) is 0. The second-order valence-electron chi connectivity index (χ2n) is 4.11. The van der Waals surface area contributed by atoms with Crippen LogP contribution in [0.5, 0.6) is 0 Å². The van der Waals surface area contributed by atoms with Crippen LogP contribution in [0, 0.1) is 4.77 Å². The Hall–Kier alpha value is -1.47. The molecule has 0 aliphatic carbocycles. The lowest BCUT2D eigenvalue weighted by molar-refractivity contribution is 0.0972. The highest BCUT2D eigenvalue weighted by molar-refractivity contribution is 7.71. The minimum atomic E-state index is -0.230. The van der Waals surface area contributed by atoms with Crippen molar-refractivity contribution in [2.45, 2.75) is 25.5 Å². The fourth-order valence-electron chi connectivity index (χ4n) is 2.14. The Labute approximate surface area is 102 Å². The molecule has 0 aromatic carbocycles. The van der Waals surface area contributed by atoms with Crippen LogP contribution in [0.4, 0.5) is 0 Å². The van der Waals surface area contributed by atoms with Crippen LogP contribution in [0.1, 0.15) is 12.8 Å². The molecule has 1 aliphatic rings. The lowest BCUT2D eigenvalue weighted by Crippen LogP contribution is -2.20. The van der Waals surface area contributed by atoms with Crippen molar-refractivity contribution in [3.63, 3.8) is 0 Å². The van der Waals surface area contributed by atoms with Crippen molar-refractivity contribution in [2.24, 2.45) is 0 Å². The van der Waals surface area contributed by atoms with Gasteiger partial charge in [0.25, 0.3) is 5.56 Å². The Kier molecular flexibility index (Phi) is 2.56. The van der Waals surface area contributed by atoms with Crippen LogP contribution >= 0.6 is 12.2 Å². The highest BCUT2D eigenvalue weighted by atomic mass is 32.1. The predicted molar refractivity (Wildman–Crippen MR) is 64.5 cm³/mol. The van der Waals surface area contributed by atoms with Gasteiger partial charge in [0.1, 0.15) is 5.52 Å². The largest absolute Gasteiger partial charge is 0.376 e. The molecule has 2 aromatic heterocycles. The Balaban J connectivity index is 2.11. The van der Waals surface area contributed by atoms with E-state index in [1.165, 1.54) is 6.33 Å². The third kappa shape index (κ3) is 1.81. The number of ether oxygens (including phenoxy) is 1. The van der Waals surface area contributed by atoms with Crippen LogP contribution in [-0.2, 0) is 11.3 Å². The maximum absolute atomic E-state index is 11.6. The summed E-state index contributed by atoms with van der Waals surface area (Å²) >= 11 is 5.17. The number of aromatic amines is 2. The molecule has 1 fully saturated rings. The average Bonchev–Trinajstić information content (AvgIpc) is 2.95. The van der Waals surface area contributed by atoms with Crippen LogP contribution in [0.3, 0.4) is 0 Å². The molecular formula is C10H12N4O2S. The van der Waals surface area contributed by atoms with Gasteiger partial charge in [0, 0.05) is 6.61 Å². The molecule has 1 unspecified atom stereocenters. The smallest absolute Gasteiger partial charge is 0.277 e. The normalized spacial score (nSPS) is 20.1. The van der Waals surface area contributed by atoms with E-state index in [9.17, 15) is 4.79 Å². The summed E-state index contributed by atoms with van der Waals surface area (Å²) in [6.45, 7) is 1.43. The molecule has 0 spiro atoms. The minimum absolute atomic E-state index is 0.160. The second-order valence-corrected chi connectivity index (χ2v) is 4.49. The van der Waals surface area contributed by atoms with Crippen molar-refractivity contribution in [1.29, 1.82) is 0 Å². The van der Waals surface area contributed by atoms with Crippen LogP contribution in [-0.4, -0.2) is 32.2 Å². The molecule has 2 aromatic rings. The molecule has 0 radical (unpaired) electrons. The molecule has 90 valence electrons. The summed E-state index contributed by atoms with van der Waals surface area (Å²) in [5, 5.41) is 0. The summed E-state index contributed by atoms with van der Waals surface area (Å²) in [4.78, 5) is 21.2. The molecule has 7 heteroatoms. The van der Waals surface area contributed by atoms with Gasteiger partial charge in [-0.25, -0.2) is 4.98 Å². The Morgan fingerprint density at radius 3 is 3.35 bits per heavy atom. The molecule has 3 rings (SSSR count). The molecule has 3 heterocycles. The number of hydrogen-bond donors (Lipinski definition) is 2. The van der Waals surface area contributed by atoms with Gasteiger partial charge in [-0.15, -0.1) is 0 Å². The number of nitrogens with zero attached hydrogens (tertiary/aromatic N) is 2. The first kappa shape index (κ1) is 10.7. The van der Waals surface area contributed by atoms with Crippen LogP contribution in [0.15, 0.2) is 11.1 Å². The number of rotatable bonds is 2. The molecule has 2 N–H and O–H groups in total. The number of H-pyrrole nitrogens is 2. The van der Waals surface area contributed by atoms with Gasteiger partial charge in [-0.1, -0.05) is 0 Å². The summed E-state index contributed by atoms with van der Waals surface area (Å²) in [5.41, 5.74) is 0.817. The van der Waals surface area contributed by atoms with Crippen molar-refractivity contribution in [2.75, 3.05) is 6.61 Å². The van der Waals surface area contributed by atoms with E-state index in [-0.39, 0.29) is 11.7 Å². The molecule has 0 amide bonds. The third-order valence-corrected chi connectivity index (χ3v) is 3.30. The lowest BCUT2D eigenvalue weighted by Gasteiger charge is -2.12. The molecule has 17 heavy (non-hydrogen) atoms. The van der Waals surface area contributed by atoms with Gasteiger partial charge in [-0.2, -0.15) is 0 Å². The van der Waals surface area contributed by atoms with E-state index in [0.717, 1.165) is 19.4 Å². The van der Waals surface area contributed by atoms with E-state index in [2.05, 4.69) is 15.0 Å². The highest BCUT2D eigenvalue weighted by Gasteiger charge is 2.18. The summed E-state index contributed by atoms with van der Waals surface area (Å²) < 4.78 is 7.78. The fraction of sp³-hybridized carbons (Fsp3) is 0.500. The number of hydrogen-bond acceptors (Lipinski definition) is 4.